The predicted molar refractivity (Wildman–Crippen MR) is 69.7 cm³/mol. The molecule has 0 aliphatic heterocycles. The van der Waals surface area contributed by atoms with Crippen LogP contribution in [0.1, 0.15) is 45.6 Å². The van der Waals surface area contributed by atoms with Crippen LogP contribution in [-0.2, 0) is 0 Å². The van der Waals surface area contributed by atoms with E-state index in [1.165, 1.54) is 12.0 Å². The molecule has 86 valence electrons. The Morgan fingerprint density at radius 1 is 1.33 bits per heavy atom. The Hall–Kier alpha value is -0.340. The normalized spacial score (nSPS) is 17.3. The molecule has 2 heteroatoms. The van der Waals surface area contributed by atoms with Crippen molar-refractivity contribution in [1.29, 1.82) is 0 Å². The van der Waals surface area contributed by atoms with Gasteiger partial charge >= 0.3 is 0 Å². The summed E-state index contributed by atoms with van der Waals surface area (Å²) in [6.45, 7) is 10.2. The fraction of sp³-hybridized carbons (Fsp3) is 0.692. The molecule has 0 saturated heterocycles. The second-order valence-electron chi connectivity index (χ2n) is 4.54. The molecule has 1 nitrogen and oxygen atoms in total. The van der Waals surface area contributed by atoms with Crippen molar-refractivity contribution in [2.75, 3.05) is 6.54 Å². The largest absolute Gasteiger partial charge is 0.313 e. The molecule has 1 heterocycles. The fourth-order valence-corrected chi connectivity index (χ4v) is 2.37. The molecule has 1 aromatic rings. The Bertz CT molecular complexity index is 256. The van der Waals surface area contributed by atoms with Crippen molar-refractivity contribution in [3.8, 4) is 0 Å². The SMILES string of the molecule is CCC(C)C(C)NCC(C)c1ccsc1. The Labute approximate surface area is 97.9 Å². The van der Waals surface area contributed by atoms with Crippen LogP contribution in [0.15, 0.2) is 16.8 Å². The highest BCUT2D eigenvalue weighted by atomic mass is 32.1. The first-order valence-electron chi connectivity index (χ1n) is 5.90. The van der Waals surface area contributed by atoms with Crippen molar-refractivity contribution >= 4 is 11.3 Å². The average Bonchev–Trinajstić information content (AvgIpc) is 2.77. The highest BCUT2D eigenvalue weighted by molar-refractivity contribution is 7.07. The Morgan fingerprint density at radius 2 is 2.07 bits per heavy atom. The summed E-state index contributed by atoms with van der Waals surface area (Å²) in [5.41, 5.74) is 1.46. The molecule has 3 atom stereocenters. The van der Waals surface area contributed by atoms with Gasteiger partial charge in [-0.15, -0.1) is 0 Å². The van der Waals surface area contributed by atoms with Crippen LogP contribution in [-0.4, -0.2) is 12.6 Å². The summed E-state index contributed by atoms with van der Waals surface area (Å²) >= 11 is 1.79. The van der Waals surface area contributed by atoms with Crippen LogP contribution in [0.4, 0.5) is 0 Å². The standard InChI is InChI=1S/C13H23NS/c1-5-10(2)12(4)14-8-11(3)13-6-7-15-9-13/h6-7,9-12,14H,5,8H2,1-4H3. The third-order valence-corrected chi connectivity index (χ3v) is 4.06. The van der Waals surface area contributed by atoms with Gasteiger partial charge in [0.1, 0.15) is 0 Å². The Balaban J connectivity index is 2.31. The lowest BCUT2D eigenvalue weighted by atomic mass is 9.99. The zero-order chi connectivity index (χ0) is 11.3. The molecule has 0 aliphatic carbocycles. The lowest BCUT2D eigenvalue weighted by Gasteiger charge is -2.22. The summed E-state index contributed by atoms with van der Waals surface area (Å²) < 4.78 is 0. The van der Waals surface area contributed by atoms with Gasteiger partial charge in [-0.3, -0.25) is 0 Å². The van der Waals surface area contributed by atoms with E-state index in [4.69, 9.17) is 0 Å². The van der Waals surface area contributed by atoms with Gasteiger partial charge < -0.3 is 5.32 Å². The molecule has 0 aromatic carbocycles. The van der Waals surface area contributed by atoms with Crippen LogP contribution >= 0.6 is 11.3 Å². The average molecular weight is 225 g/mol. The van der Waals surface area contributed by atoms with Gasteiger partial charge in [0, 0.05) is 12.6 Å². The second kappa shape index (κ2) is 6.29. The van der Waals surface area contributed by atoms with Crippen molar-refractivity contribution < 1.29 is 0 Å². The zero-order valence-corrected chi connectivity index (χ0v) is 11.1. The summed E-state index contributed by atoms with van der Waals surface area (Å²) in [6.07, 6.45) is 1.25. The lowest BCUT2D eigenvalue weighted by Crippen LogP contribution is -2.34. The third-order valence-electron chi connectivity index (χ3n) is 3.36. The van der Waals surface area contributed by atoms with Crippen LogP contribution in [0.25, 0.3) is 0 Å². The highest BCUT2D eigenvalue weighted by Crippen LogP contribution is 2.18. The van der Waals surface area contributed by atoms with Crippen LogP contribution in [0.5, 0.6) is 0 Å². The number of thiophene rings is 1. The molecule has 0 bridgehead atoms. The van der Waals surface area contributed by atoms with Crippen LogP contribution in [0.2, 0.25) is 0 Å². The van der Waals surface area contributed by atoms with E-state index in [0.29, 0.717) is 12.0 Å². The monoisotopic (exact) mass is 225 g/mol. The number of hydrogen-bond donors (Lipinski definition) is 1. The number of rotatable bonds is 6. The van der Waals surface area contributed by atoms with Gasteiger partial charge in [-0.2, -0.15) is 11.3 Å². The van der Waals surface area contributed by atoms with Gasteiger partial charge in [-0.1, -0.05) is 27.2 Å². The Kier molecular flexibility index (Phi) is 5.34. The molecule has 0 amide bonds. The molecular formula is C13H23NS. The van der Waals surface area contributed by atoms with Crippen molar-refractivity contribution in [2.24, 2.45) is 5.92 Å². The summed E-state index contributed by atoms with van der Waals surface area (Å²) in [5.74, 6) is 1.39. The second-order valence-corrected chi connectivity index (χ2v) is 5.32. The van der Waals surface area contributed by atoms with E-state index >= 15 is 0 Å². The molecule has 3 unspecified atom stereocenters. The quantitative estimate of drug-likeness (QED) is 0.775. The van der Waals surface area contributed by atoms with Crippen molar-refractivity contribution in [2.45, 2.75) is 46.1 Å². The molecule has 0 fully saturated rings. The van der Waals surface area contributed by atoms with E-state index in [1.54, 1.807) is 11.3 Å². The minimum Gasteiger partial charge on any atom is -0.313 e. The summed E-state index contributed by atoms with van der Waals surface area (Å²) in [4.78, 5) is 0. The maximum absolute atomic E-state index is 3.63. The van der Waals surface area contributed by atoms with Crippen LogP contribution in [0.3, 0.4) is 0 Å². The summed E-state index contributed by atoms with van der Waals surface area (Å²) in [7, 11) is 0. The first-order chi connectivity index (χ1) is 7.15. The summed E-state index contributed by atoms with van der Waals surface area (Å²) in [5, 5.41) is 8.03. The molecule has 15 heavy (non-hydrogen) atoms. The van der Waals surface area contributed by atoms with E-state index in [-0.39, 0.29) is 0 Å². The van der Waals surface area contributed by atoms with Gasteiger partial charge in [-0.05, 0) is 41.1 Å². The van der Waals surface area contributed by atoms with Gasteiger partial charge in [-0.25, -0.2) is 0 Å². The van der Waals surface area contributed by atoms with E-state index < -0.39 is 0 Å². The van der Waals surface area contributed by atoms with Crippen LogP contribution < -0.4 is 5.32 Å². The zero-order valence-electron chi connectivity index (χ0n) is 10.3. The number of hydrogen-bond acceptors (Lipinski definition) is 2. The molecular weight excluding hydrogens is 202 g/mol. The van der Waals surface area contributed by atoms with Gasteiger partial charge in [0.2, 0.25) is 0 Å². The van der Waals surface area contributed by atoms with Gasteiger partial charge in [0.25, 0.3) is 0 Å². The van der Waals surface area contributed by atoms with E-state index in [2.05, 4.69) is 49.8 Å². The highest BCUT2D eigenvalue weighted by Gasteiger charge is 2.11. The number of nitrogens with one attached hydrogen (secondary N) is 1. The van der Waals surface area contributed by atoms with E-state index in [9.17, 15) is 0 Å². The topological polar surface area (TPSA) is 12.0 Å². The minimum absolute atomic E-state index is 0.621. The Morgan fingerprint density at radius 3 is 2.60 bits per heavy atom. The molecule has 0 radical (unpaired) electrons. The predicted octanol–water partition coefficient (Wildman–Crippen LogP) is 3.88. The smallest absolute Gasteiger partial charge is 0.00645 e. The van der Waals surface area contributed by atoms with Crippen molar-refractivity contribution in [1.82, 2.24) is 5.32 Å². The molecule has 0 spiro atoms. The maximum Gasteiger partial charge on any atom is 0.00645 e. The molecule has 1 rings (SSSR count). The lowest BCUT2D eigenvalue weighted by molar-refractivity contribution is 0.383. The fourth-order valence-electron chi connectivity index (χ4n) is 1.59. The minimum atomic E-state index is 0.621. The summed E-state index contributed by atoms with van der Waals surface area (Å²) in [6, 6.07) is 2.85. The van der Waals surface area contributed by atoms with Crippen molar-refractivity contribution in [3.63, 3.8) is 0 Å². The van der Waals surface area contributed by atoms with Gasteiger partial charge in [0.15, 0.2) is 0 Å². The molecule has 0 saturated carbocycles. The first kappa shape index (κ1) is 12.7. The molecule has 1 aromatic heterocycles. The molecule has 0 aliphatic rings. The first-order valence-corrected chi connectivity index (χ1v) is 6.84. The third kappa shape index (κ3) is 3.96. The van der Waals surface area contributed by atoms with Gasteiger partial charge in [0.05, 0.1) is 0 Å². The molecule has 1 N–H and O–H groups in total. The maximum atomic E-state index is 3.63. The van der Waals surface area contributed by atoms with E-state index in [1.807, 2.05) is 0 Å². The van der Waals surface area contributed by atoms with Crippen molar-refractivity contribution in [3.05, 3.63) is 22.4 Å². The van der Waals surface area contributed by atoms with Crippen LogP contribution in [0, 0.1) is 5.92 Å². The van der Waals surface area contributed by atoms with E-state index in [0.717, 1.165) is 12.5 Å².